The molecule has 19 heavy (non-hydrogen) atoms. The number of aliphatic carboxylic acids is 1. The molecule has 0 aliphatic heterocycles. The summed E-state index contributed by atoms with van der Waals surface area (Å²) in [6, 6.07) is 7.14. The Balaban J connectivity index is 2.45. The zero-order chi connectivity index (χ0) is 14.4. The second-order valence-electron chi connectivity index (χ2n) is 5.00. The van der Waals surface area contributed by atoms with E-state index in [2.05, 4.69) is 0 Å². The number of aryl methyl sites for hydroxylation is 1. The summed E-state index contributed by atoms with van der Waals surface area (Å²) < 4.78 is 24.0. The molecule has 1 aliphatic rings. The molecule has 0 spiro atoms. The van der Waals surface area contributed by atoms with Gasteiger partial charge in [-0.05, 0) is 12.5 Å². The molecule has 0 unspecified atom stereocenters. The number of sulfone groups is 1. The van der Waals surface area contributed by atoms with Crippen molar-refractivity contribution in [2.45, 2.75) is 30.6 Å². The van der Waals surface area contributed by atoms with Gasteiger partial charge in [-0.15, -0.1) is 0 Å². The molecule has 0 heterocycles. The van der Waals surface area contributed by atoms with Crippen molar-refractivity contribution in [2.75, 3.05) is 5.75 Å². The predicted octanol–water partition coefficient (Wildman–Crippen LogP) is 0.678. The fraction of sp³-hybridized carbons (Fsp3) is 0.462. The average Bonchev–Trinajstić information content (AvgIpc) is 2.99. The molecule has 5 nitrogen and oxygen atoms in total. The van der Waals surface area contributed by atoms with Crippen LogP contribution in [0, 0.1) is 6.92 Å². The van der Waals surface area contributed by atoms with Gasteiger partial charge < -0.3 is 10.8 Å². The molecule has 0 radical (unpaired) electrons. The first-order valence-corrected chi connectivity index (χ1v) is 7.77. The minimum Gasteiger partial charge on any atom is -0.480 e. The van der Waals surface area contributed by atoms with E-state index in [-0.39, 0.29) is 5.75 Å². The normalized spacial score (nSPS) is 30.1. The van der Waals surface area contributed by atoms with Crippen LogP contribution in [0.15, 0.2) is 24.3 Å². The van der Waals surface area contributed by atoms with E-state index < -0.39 is 32.5 Å². The summed E-state index contributed by atoms with van der Waals surface area (Å²) in [6.45, 7) is 3.41. The van der Waals surface area contributed by atoms with Gasteiger partial charge in [-0.2, -0.15) is 0 Å². The molecular formula is C13H17NO4S. The van der Waals surface area contributed by atoms with E-state index >= 15 is 0 Å². The van der Waals surface area contributed by atoms with Crippen molar-refractivity contribution < 1.29 is 18.3 Å². The fourth-order valence-electron chi connectivity index (χ4n) is 2.54. The Morgan fingerprint density at radius 1 is 1.37 bits per heavy atom. The molecule has 0 aromatic heterocycles. The Morgan fingerprint density at radius 2 is 1.89 bits per heavy atom. The van der Waals surface area contributed by atoms with E-state index in [0.717, 1.165) is 5.56 Å². The minimum atomic E-state index is -3.49. The van der Waals surface area contributed by atoms with Crippen LogP contribution in [-0.4, -0.2) is 36.0 Å². The number of carbonyl (C=O) groups is 1. The third-order valence-corrected chi connectivity index (χ3v) is 6.02. The molecule has 2 rings (SSSR count). The highest BCUT2D eigenvalue weighted by Crippen LogP contribution is 2.54. The van der Waals surface area contributed by atoms with Crippen molar-refractivity contribution in [2.24, 2.45) is 5.73 Å². The summed E-state index contributed by atoms with van der Waals surface area (Å²) in [6.07, 6.45) is 0. The number of rotatable bonds is 4. The highest BCUT2D eigenvalue weighted by Gasteiger charge is 2.73. The smallest absolute Gasteiger partial charge is 0.325 e. The molecule has 104 valence electrons. The number of carboxylic acids is 1. The summed E-state index contributed by atoms with van der Waals surface area (Å²) in [7, 11) is -3.49. The number of hydrogen-bond acceptors (Lipinski definition) is 4. The van der Waals surface area contributed by atoms with Crippen LogP contribution in [-0.2, 0) is 14.6 Å². The lowest BCUT2D eigenvalue weighted by Gasteiger charge is -2.05. The van der Waals surface area contributed by atoms with Crippen molar-refractivity contribution in [3.05, 3.63) is 35.4 Å². The Bertz CT molecular complexity index is 608. The first kappa shape index (κ1) is 14.0. The maximum Gasteiger partial charge on any atom is 0.325 e. The van der Waals surface area contributed by atoms with Gasteiger partial charge in [-0.1, -0.05) is 36.8 Å². The third kappa shape index (κ3) is 2.04. The molecule has 6 heteroatoms. The second-order valence-corrected chi connectivity index (χ2v) is 7.41. The highest BCUT2D eigenvalue weighted by atomic mass is 32.2. The van der Waals surface area contributed by atoms with E-state index in [1.54, 1.807) is 12.1 Å². The van der Waals surface area contributed by atoms with Gasteiger partial charge in [0.1, 0.15) is 5.54 Å². The zero-order valence-electron chi connectivity index (χ0n) is 10.8. The monoisotopic (exact) mass is 283 g/mol. The lowest BCUT2D eigenvalue weighted by molar-refractivity contribution is -0.139. The molecule has 3 atom stereocenters. The van der Waals surface area contributed by atoms with Crippen LogP contribution in [0.3, 0.4) is 0 Å². The third-order valence-electron chi connectivity index (χ3n) is 3.78. The average molecular weight is 283 g/mol. The Hall–Kier alpha value is -1.40. The molecule has 0 saturated heterocycles. The summed E-state index contributed by atoms with van der Waals surface area (Å²) >= 11 is 0. The lowest BCUT2D eigenvalue weighted by atomic mass is 10.1. The molecular weight excluding hydrogens is 266 g/mol. The van der Waals surface area contributed by atoms with Gasteiger partial charge in [0.2, 0.25) is 0 Å². The fourth-order valence-corrected chi connectivity index (χ4v) is 4.46. The van der Waals surface area contributed by atoms with Crippen LogP contribution in [0.25, 0.3) is 0 Å². The minimum absolute atomic E-state index is 0.105. The van der Waals surface area contributed by atoms with Gasteiger partial charge in [-0.25, -0.2) is 8.42 Å². The van der Waals surface area contributed by atoms with Crippen LogP contribution in [0.1, 0.15) is 24.0 Å². The van der Waals surface area contributed by atoms with E-state index in [1.807, 2.05) is 19.1 Å². The summed E-state index contributed by atoms with van der Waals surface area (Å²) in [5, 5.41) is 8.20. The van der Waals surface area contributed by atoms with Crippen molar-refractivity contribution >= 4 is 15.8 Å². The SMILES string of the molecule is CCS(=O)(=O)[C@@H]1[C@@H](c2ccc(C)cc2)[C@@]1(N)C(=O)O. The Labute approximate surface area is 112 Å². The molecule has 0 bridgehead atoms. The van der Waals surface area contributed by atoms with Gasteiger partial charge in [0.05, 0.1) is 5.25 Å². The summed E-state index contributed by atoms with van der Waals surface area (Å²) in [5.74, 6) is -2.04. The quantitative estimate of drug-likeness (QED) is 0.846. The Morgan fingerprint density at radius 3 is 2.32 bits per heavy atom. The van der Waals surface area contributed by atoms with Crippen LogP contribution < -0.4 is 5.73 Å². The molecule has 1 aromatic rings. The van der Waals surface area contributed by atoms with E-state index in [0.29, 0.717) is 5.56 Å². The van der Waals surface area contributed by atoms with Crippen molar-refractivity contribution in [3.8, 4) is 0 Å². The maximum atomic E-state index is 12.0. The van der Waals surface area contributed by atoms with E-state index in [1.165, 1.54) is 6.92 Å². The number of nitrogens with two attached hydrogens (primary N) is 1. The molecule has 3 N–H and O–H groups in total. The second kappa shape index (κ2) is 4.31. The summed E-state index contributed by atoms with van der Waals surface area (Å²) in [4.78, 5) is 11.3. The Kier molecular flexibility index (Phi) is 3.18. The van der Waals surface area contributed by atoms with Gasteiger partial charge in [-0.3, -0.25) is 4.79 Å². The van der Waals surface area contributed by atoms with Gasteiger partial charge in [0.15, 0.2) is 9.84 Å². The van der Waals surface area contributed by atoms with Crippen LogP contribution >= 0.6 is 0 Å². The summed E-state index contributed by atoms with van der Waals surface area (Å²) in [5.41, 5.74) is 5.82. The first-order valence-electron chi connectivity index (χ1n) is 6.05. The van der Waals surface area contributed by atoms with Crippen LogP contribution in [0.4, 0.5) is 0 Å². The number of carboxylic acid groups (broad SMARTS) is 1. The van der Waals surface area contributed by atoms with Crippen LogP contribution in [0.2, 0.25) is 0 Å². The van der Waals surface area contributed by atoms with E-state index in [4.69, 9.17) is 5.73 Å². The van der Waals surface area contributed by atoms with Gasteiger partial charge in [0, 0.05) is 11.7 Å². The molecule has 0 amide bonds. The molecule has 1 saturated carbocycles. The van der Waals surface area contributed by atoms with Gasteiger partial charge >= 0.3 is 5.97 Å². The standard InChI is InChI=1S/C13H17NO4S/c1-3-19(17,18)11-10(13(11,14)12(15)16)9-6-4-8(2)5-7-9/h4-7,10-11H,3,14H2,1-2H3,(H,15,16)/t10-,11-,13+/m1/s1. The maximum absolute atomic E-state index is 12.0. The number of benzene rings is 1. The van der Waals surface area contributed by atoms with Crippen molar-refractivity contribution in [3.63, 3.8) is 0 Å². The zero-order valence-corrected chi connectivity index (χ0v) is 11.6. The van der Waals surface area contributed by atoms with Gasteiger partial charge in [0.25, 0.3) is 0 Å². The number of hydrogen-bond donors (Lipinski definition) is 2. The topological polar surface area (TPSA) is 97.5 Å². The predicted molar refractivity (Wildman–Crippen MR) is 71.7 cm³/mol. The largest absolute Gasteiger partial charge is 0.480 e. The molecule has 1 aliphatic carbocycles. The lowest BCUT2D eigenvalue weighted by Crippen LogP contribution is -2.40. The van der Waals surface area contributed by atoms with E-state index in [9.17, 15) is 18.3 Å². The van der Waals surface area contributed by atoms with Crippen molar-refractivity contribution in [1.29, 1.82) is 0 Å². The van der Waals surface area contributed by atoms with Crippen LogP contribution in [0.5, 0.6) is 0 Å². The highest BCUT2D eigenvalue weighted by molar-refractivity contribution is 7.92. The first-order chi connectivity index (χ1) is 8.75. The molecule has 1 fully saturated rings. The van der Waals surface area contributed by atoms with Crippen molar-refractivity contribution in [1.82, 2.24) is 0 Å². The molecule has 1 aromatic carbocycles.